The third-order valence-corrected chi connectivity index (χ3v) is 5.88. The predicted octanol–water partition coefficient (Wildman–Crippen LogP) is 4.27. The molecule has 2 amide bonds. The van der Waals surface area contributed by atoms with Crippen LogP contribution in [0.25, 0.3) is 0 Å². The number of nitrogens with one attached hydrogen (secondary N) is 1. The van der Waals surface area contributed by atoms with E-state index in [1.54, 1.807) is 43.3 Å². The number of carbonyl (C=O) groups is 2. The Kier molecular flexibility index (Phi) is 7.63. The minimum Gasteiger partial charge on any atom is -0.352 e. The Morgan fingerprint density at radius 2 is 1.90 bits per heavy atom. The molecule has 2 aromatic rings. The van der Waals surface area contributed by atoms with Gasteiger partial charge in [0.2, 0.25) is 11.8 Å². The molecule has 1 unspecified atom stereocenters. The van der Waals surface area contributed by atoms with Crippen molar-refractivity contribution >= 4 is 29.1 Å². The van der Waals surface area contributed by atoms with Crippen LogP contribution in [0.5, 0.6) is 0 Å². The number of amides is 2. The second kappa shape index (κ2) is 10.4. The Bertz CT molecular complexity index is 959. The first-order chi connectivity index (χ1) is 14.8. The summed E-state index contributed by atoms with van der Waals surface area (Å²) < 4.78 is 0. The maximum Gasteiger partial charge on any atom is 0.273 e. The van der Waals surface area contributed by atoms with Crippen molar-refractivity contribution in [2.75, 3.05) is 0 Å². The van der Waals surface area contributed by atoms with E-state index in [1.807, 2.05) is 6.07 Å². The van der Waals surface area contributed by atoms with E-state index >= 15 is 0 Å². The summed E-state index contributed by atoms with van der Waals surface area (Å²) in [5, 5.41) is 14.9. The maximum atomic E-state index is 13.3. The van der Waals surface area contributed by atoms with Gasteiger partial charge in [-0.3, -0.25) is 19.7 Å². The zero-order valence-corrected chi connectivity index (χ0v) is 18.2. The van der Waals surface area contributed by atoms with Crippen LogP contribution in [-0.2, 0) is 22.6 Å². The molecule has 3 rings (SSSR count). The monoisotopic (exact) mass is 443 g/mol. The molecule has 1 aliphatic carbocycles. The van der Waals surface area contributed by atoms with Gasteiger partial charge < -0.3 is 10.2 Å². The molecule has 31 heavy (non-hydrogen) atoms. The molecule has 2 aromatic carbocycles. The van der Waals surface area contributed by atoms with E-state index in [0.717, 1.165) is 31.2 Å². The topological polar surface area (TPSA) is 92.6 Å². The molecule has 1 N–H and O–H groups in total. The molecule has 1 atom stereocenters. The van der Waals surface area contributed by atoms with Crippen molar-refractivity contribution in [3.8, 4) is 0 Å². The number of carbonyl (C=O) groups excluding carboxylic acids is 2. The number of hydrogen-bond donors (Lipinski definition) is 1. The number of nitro groups is 1. The largest absolute Gasteiger partial charge is 0.352 e. The zero-order valence-electron chi connectivity index (χ0n) is 17.4. The van der Waals surface area contributed by atoms with E-state index in [-0.39, 0.29) is 36.5 Å². The fraction of sp³-hybridized carbons (Fsp3) is 0.391. The molecule has 7 nitrogen and oxygen atoms in total. The zero-order chi connectivity index (χ0) is 22.4. The molecular formula is C23H26ClN3O4. The van der Waals surface area contributed by atoms with Crippen LogP contribution in [0.2, 0.25) is 5.02 Å². The Morgan fingerprint density at radius 3 is 2.58 bits per heavy atom. The van der Waals surface area contributed by atoms with E-state index in [9.17, 15) is 19.7 Å². The number of nitrogens with zero attached hydrogens (tertiary/aromatic N) is 2. The van der Waals surface area contributed by atoms with Crippen LogP contribution >= 0.6 is 11.6 Å². The van der Waals surface area contributed by atoms with Crippen molar-refractivity contribution in [1.82, 2.24) is 10.2 Å². The Morgan fingerprint density at radius 1 is 1.19 bits per heavy atom. The van der Waals surface area contributed by atoms with Gasteiger partial charge in [0.25, 0.3) is 5.69 Å². The molecular weight excluding hydrogens is 418 g/mol. The molecule has 0 saturated heterocycles. The molecule has 1 fully saturated rings. The fourth-order valence-electron chi connectivity index (χ4n) is 3.91. The molecule has 0 spiro atoms. The molecule has 8 heteroatoms. The van der Waals surface area contributed by atoms with Crippen LogP contribution < -0.4 is 5.32 Å². The highest BCUT2D eigenvalue weighted by Crippen LogP contribution is 2.22. The summed E-state index contributed by atoms with van der Waals surface area (Å²) in [5.41, 5.74) is 0.988. The van der Waals surface area contributed by atoms with E-state index < -0.39 is 11.0 Å². The SMILES string of the molecule is CC(C(=O)NC1CCCC1)N(Cc1cccc(Cl)c1)C(=O)Cc1ccccc1[N+](=O)[O-]. The Hall–Kier alpha value is -2.93. The third-order valence-electron chi connectivity index (χ3n) is 5.64. The number of benzene rings is 2. The quantitative estimate of drug-likeness (QED) is 0.487. The van der Waals surface area contributed by atoms with Crippen molar-refractivity contribution in [3.63, 3.8) is 0 Å². The van der Waals surface area contributed by atoms with Gasteiger partial charge in [0.15, 0.2) is 0 Å². The summed E-state index contributed by atoms with van der Waals surface area (Å²) in [6, 6.07) is 12.7. The smallest absolute Gasteiger partial charge is 0.273 e. The Balaban J connectivity index is 1.82. The van der Waals surface area contributed by atoms with E-state index in [2.05, 4.69) is 5.32 Å². The molecule has 0 bridgehead atoms. The minimum absolute atomic E-state index is 0.110. The second-order valence-corrected chi connectivity index (χ2v) is 8.32. The molecule has 0 heterocycles. The van der Waals surface area contributed by atoms with Crippen molar-refractivity contribution in [2.24, 2.45) is 0 Å². The van der Waals surface area contributed by atoms with Crippen molar-refractivity contribution < 1.29 is 14.5 Å². The summed E-state index contributed by atoms with van der Waals surface area (Å²) in [6.45, 7) is 1.87. The van der Waals surface area contributed by atoms with Gasteiger partial charge in [-0.1, -0.05) is 54.8 Å². The van der Waals surface area contributed by atoms with Crippen LogP contribution in [0.1, 0.15) is 43.7 Å². The standard InChI is InChI=1S/C23H26ClN3O4/c1-16(23(29)25-20-10-3-4-11-20)26(15-17-7-6-9-19(24)13-17)22(28)14-18-8-2-5-12-21(18)27(30)31/h2,5-9,12-13,16,20H,3-4,10-11,14-15H2,1H3,(H,25,29). The van der Waals surface area contributed by atoms with Gasteiger partial charge in [-0.2, -0.15) is 0 Å². The van der Waals surface area contributed by atoms with Crippen LogP contribution in [-0.4, -0.2) is 33.7 Å². The lowest BCUT2D eigenvalue weighted by atomic mass is 10.1. The normalized spacial score (nSPS) is 14.8. The fourth-order valence-corrected chi connectivity index (χ4v) is 4.12. The van der Waals surface area contributed by atoms with Crippen LogP contribution in [0.3, 0.4) is 0 Å². The minimum atomic E-state index is -0.727. The number of hydrogen-bond acceptors (Lipinski definition) is 4. The first-order valence-corrected chi connectivity index (χ1v) is 10.8. The van der Waals surface area contributed by atoms with Gasteiger partial charge in [-0.05, 0) is 37.5 Å². The van der Waals surface area contributed by atoms with Gasteiger partial charge in [-0.25, -0.2) is 0 Å². The number of nitro benzene ring substituents is 1. The molecule has 1 saturated carbocycles. The lowest BCUT2D eigenvalue weighted by Gasteiger charge is -2.30. The summed E-state index contributed by atoms with van der Waals surface area (Å²) in [5.74, 6) is -0.576. The number of rotatable bonds is 8. The lowest BCUT2D eigenvalue weighted by molar-refractivity contribution is -0.385. The Labute approximate surface area is 186 Å². The number of halogens is 1. The third kappa shape index (κ3) is 6.04. The highest BCUT2D eigenvalue weighted by atomic mass is 35.5. The van der Waals surface area contributed by atoms with Crippen molar-refractivity contribution in [2.45, 2.75) is 57.7 Å². The van der Waals surface area contributed by atoms with Gasteiger partial charge in [-0.15, -0.1) is 0 Å². The highest BCUT2D eigenvalue weighted by Gasteiger charge is 2.29. The average Bonchev–Trinajstić information content (AvgIpc) is 3.24. The van der Waals surface area contributed by atoms with Crippen molar-refractivity contribution in [1.29, 1.82) is 0 Å². The van der Waals surface area contributed by atoms with Crippen molar-refractivity contribution in [3.05, 3.63) is 74.8 Å². The van der Waals surface area contributed by atoms with Gasteiger partial charge in [0, 0.05) is 29.2 Å². The molecule has 1 aliphatic rings. The van der Waals surface area contributed by atoms with Crippen LogP contribution in [0, 0.1) is 10.1 Å². The van der Waals surface area contributed by atoms with Crippen LogP contribution in [0.15, 0.2) is 48.5 Å². The average molecular weight is 444 g/mol. The van der Waals surface area contributed by atoms with Gasteiger partial charge >= 0.3 is 0 Å². The summed E-state index contributed by atoms with van der Waals surface area (Å²) in [6.07, 6.45) is 3.89. The summed E-state index contributed by atoms with van der Waals surface area (Å²) >= 11 is 6.09. The summed E-state index contributed by atoms with van der Waals surface area (Å²) in [7, 11) is 0. The van der Waals surface area contributed by atoms with Gasteiger partial charge in [0.05, 0.1) is 11.3 Å². The molecule has 164 valence electrons. The first kappa shape index (κ1) is 22.7. The summed E-state index contributed by atoms with van der Waals surface area (Å²) in [4.78, 5) is 38.4. The van der Waals surface area contributed by atoms with Crippen LogP contribution in [0.4, 0.5) is 5.69 Å². The van der Waals surface area contributed by atoms with E-state index in [1.165, 1.54) is 11.0 Å². The molecule has 0 aromatic heterocycles. The highest BCUT2D eigenvalue weighted by molar-refractivity contribution is 6.30. The van der Waals surface area contributed by atoms with E-state index in [0.29, 0.717) is 10.6 Å². The lowest BCUT2D eigenvalue weighted by Crippen LogP contribution is -2.50. The molecule has 0 aliphatic heterocycles. The van der Waals surface area contributed by atoms with E-state index in [4.69, 9.17) is 11.6 Å². The van der Waals surface area contributed by atoms with Gasteiger partial charge in [0.1, 0.15) is 6.04 Å². The molecule has 0 radical (unpaired) electrons. The first-order valence-electron chi connectivity index (χ1n) is 10.4. The number of para-hydroxylation sites is 1. The maximum absolute atomic E-state index is 13.3. The second-order valence-electron chi connectivity index (χ2n) is 7.88. The predicted molar refractivity (Wildman–Crippen MR) is 119 cm³/mol.